The zero-order chi connectivity index (χ0) is 9.10. The molecular formula is C10H9ClN2O. The molecule has 1 N–H and O–H groups in total. The molecule has 1 aromatic heterocycles. The molecule has 2 aromatic rings. The second kappa shape index (κ2) is 4.58. The van der Waals surface area contributed by atoms with Gasteiger partial charge in [-0.1, -0.05) is 24.3 Å². The van der Waals surface area contributed by atoms with E-state index in [9.17, 15) is 4.79 Å². The first kappa shape index (κ1) is 10.5. The first-order chi connectivity index (χ1) is 6.40. The summed E-state index contributed by atoms with van der Waals surface area (Å²) in [7, 11) is 0. The third-order valence-electron chi connectivity index (χ3n) is 1.88. The maximum atomic E-state index is 10.4. The fraction of sp³-hybridized carbons (Fsp3) is 0. The molecule has 0 fully saturated rings. The molecule has 2 rings (SSSR count). The second-order valence-corrected chi connectivity index (χ2v) is 2.73. The van der Waals surface area contributed by atoms with Crippen molar-refractivity contribution >= 4 is 18.7 Å². The molecule has 1 heterocycles. The molecule has 14 heavy (non-hydrogen) atoms. The van der Waals surface area contributed by atoms with Gasteiger partial charge < -0.3 is 0 Å². The van der Waals surface area contributed by atoms with Crippen LogP contribution in [-0.2, 0) is 0 Å². The van der Waals surface area contributed by atoms with Gasteiger partial charge in [-0.2, -0.15) is 5.10 Å². The maximum absolute atomic E-state index is 10.4. The van der Waals surface area contributed by atoms with Crippen molar-refractivity contribution in [1.82, 2.24) is 10.2 Å². The third-order valence-corrected chi connectivity index (χ3v) is 1.88. The van der Waals surface area contributed by atoms with Crippen LogP contribution in [0.25, 0.3) is 11.1 Å². The molecule has 0 aliphatic heterocycles. The number of benzene rings is 1. The minimum Gasteiger partial charge on any atom is -0.298 e. The molecule has 3 nitrogen and oxygen atoms in total. The van der Waals surface area contributed by atoms with E-state index in [4.69, 9.17) is 0 Å². The lowest BCUT2D eigenvalue weighted by atomic mass is 10.1. The number of hydrogen-bond acceptors (Lipinski definition) is 2. The van der Waals surface area contributed by atoms with Gasteiger partial charge in [0.2, 0.25) is 0 Å². The van der Waals surface area contributed by atoms with Crippen LogP contribution in [0, 0.1) is 0 Å². The predicted molar refractivity (Wildman–Crippen MR) is 56.7 cm³/mol. The molecule has 0 spiro atoms. The zero-order valence-corrected chi connectivity index (χ0v) is 8.12. The summed E-state index contributed by atoms with van der Waals surface area (Å²) < 4.78 is 0. The van der Waals surface area contributed by atoms with E-state index < -0.39 is 0 Å². The van der Waals surface area contributed by atoms with Gasteiger partial charge in [0, 0.05) is 17.3 Å². The molecule has 0 saturated heterocycles. The fourth-order valence-electron chi connectivity index (χ4n) is 1.16. The summed E-state index contributed by atoms with van der Waals surface area (Å²) in [6.45, 7) is 0. The summed E-state index contributed by atoms with van der Waals surface area (Å²) >= 11 is 0. The number of nitrogens with one attached hydrogen (secondary N) is 1. The Labute approximate surface area is 87.6 Å². The molecule has 0 aliphatic carbocycles. The van der Waals surface area contributed by atoms with E-state index in [1.807, 2.05) is 18.3 Å². The molecule has 0 unspecified atom stereocenters. The van der Waals surface area contributed by atoms with Gasteiger partial charge in [-0.25, -0.2) is 0 Å². The number of aldehydes is 1. The van der Waals surface area contributed by atoms with Crippen molar-refractivity contribution < 1.29 is 4.79 Å². The van der Waals surface area contributed by atoms with E-state index in [-0.39, 0.29) is 12.4 Å². The van der Waals surface area contributed by atoms with Crippen LogP contribution >= 0.6 is 12.4 Å². The normalized spacial score (nSPS) is 9.14. The Morgan fingerprint density at radius 3 is 2.36 bits per heavy atom. The average molecular weight is 209 g/mol. The first-order valence-electron chi connectivity index (χ1n) is 3.94. The fourth-order valence-corrected chi connectivity index (χ4v) is 1.16. The molecular weight excluding hydrogens is 200 g/mol. The summed E-state index contributed by atoms with van der Waals surface area (Å²) in [6.07, 6.45) is 4.39. The molecule has 4 heteroatoms. The standard InChI is InChI=1S/C10H8N2O.ClH/c13-7-8-1-3-9(4-2-8)10-5-11-12-6-10;/h1-7H,(H,11,12);1H. The number of carbonyl (C=O) groups excluding carboxylic acids is 1. The summed E-state index contributed by atoms with van der Waals surface area (Å²) in [5.41, 5.74) is 2.77. The minimum absolute atomic E-state index is 0. The van der Waals surface area contributed by atoms with Crippen molar-refractivity contribution in [2.75, 3.05) is 0 Å². The summed E-state index contributed by atoms with van der Waals surface area (Å²) in [6, 6.07) is 7.37. The van der Waals surface area contributed by atoms with Crippen LogP contribution in [0.5, 0.6) is 0 Å². The largest absolute Gasteiger partial charge is 0.298 e. The van der Waals surface area contributed by atoms with Crippen LogP contribution in [0.1, 0.15) is 10.4 Å². The topological polar surface area (TPSA) is 45.8 Å². The number of halogens is 1. The van der Waals surface area contributed by atoms with Crippen molar-refractivity contribution in [1.29, 1.82) is 0 Å². The minimum atomic E-state index is 0. The van der Waals surface area contributed by atoms with E-state index in [0.717, 1.165) is 17.4 Å². The smallest absolute Gasteiger partial charge is 0.150 e. The van der Waals surface area contributed by atoms with Gasteiger partial charge >= 0.3 is 0 Å². The SMILES string of the molecule is Cl.O=Cc1ccc(-c2cn[nH]c2)cc1. The monoisotopic (exact) mass is 208 g/mol. The molecule has 72 valence electrons. The number of nitrogens with zero attached hydrogens (tertiary/aromatic N) is 1. The van der Waals surface area contributed by atoms with Crippen LogP contribution in [-0.4, -0.2) is 16.5 Å². The van der Waals surface area contributed by atoms with Crippen molar-refractivity contribution in [2.45, 2.75) is 0 Å². The van der Waals surface area contributed by atoms with E-state index >= 15 is 0 Å². The van der Waals surface area contributed by atoms with Gasteiger partial charge in [0.15, 0.2) is 0 Å². The van der Waals surface area contributed by atoms with Crippen LogP contribution < -0.4 is 0 Å². The Morgan fingerprint density at radius 1 is 1.14 bits per heavy atom. The number of aromatic nitrogens is 2. The van der Waals surface area contributed by atoms with Gasteiger partial charge in [-0.05, 0) is 5.56 Å². The van der Waals surface area contributed by atoms with E-state index in [2.05, 4.69) is 10.2 Å². The summed E-state index contributed by atoms with van der Waals surface area (Å²) in [5.74, 6) is 0. The highest BCUT2D eigenvalue weighted by Crippen LogP contribution is 2.17. The van der Waals surface area contributed by atoms with Gasteiger partial charge in [-0.15, -0.1) is 12.4 Å². The summed E-state index contributed by atoms with van der Waals surface area (Å²) in [4.78, 5) is 10.4. The second-order valence-electron chi connectivity index (χ2n) is 2.73. The lowest BCUT2D eigenvalue weighted by molar-refractivity contribution is 0.112. The molecule has 0 radical (unpaired) electrons. The number of rotatable bonds is 2. The Balaban J connectivity index is 0.000000980. The highest BCUT2D eigenvalue weighted by Gasteiger charge is 1.97. The van der Waals surface area contributed by atoms with Crippen molar-refractivity contribution in [3.8, 4) is 11.1 Å². The van der Waals surface area contributed by atoms with Crippen molar-refractivity contribution in [3.63, 3.8) is 0 Å². The average Bonchev–Trinajstić information content (AvgIpc) is 2.71. The van der Waals surface area contributed by atoms with E-state index in [1.165, 1.54) is 0 Å². The van der Waals surface area contributed by atoms with Crippen molar-refractivity contribution in [2.24, 2.45) is 0 Å². The first-order valence-corrected chi connectivity index (χ1v) is 3.94. The quantitative estimate of drug-likeness (QED) is 0.770. The lowest BCUT2D eigenvalue weighted by Gasteiger charge is -1.95. The molecule has 0 atom stereocenters. The van der Waals surface area contributed by atoms with Gasteiger partial charge in [0.05, 0.1) is 6.20 Å². The predicted octanol–water partition coefficient (Wildman–Crippen LogP) is 2.31. The molecule has 0 aliphatic rings. The van der Waals surface area contributed by atoms with E-state index in [1.54, 1.807) is 18.3 Å². The van der Waals surface area contributed by atoms with E-state index in [0.29, 0.717) is 5.56 Å². The van der Waals surface area contributed by atoms with Crippen LogP contribution in [0.3, 0.4) is 0 Å². The van der Waals surface area contributed by atoms with Gasteiger partial charge in [0.1, 0.15) is 6.29 Å². The number of aromatic amines is 1. The Morgan fingerprint density at radius 2 is 1.86 bits per heavy atom. The van der Waals surface area contributed by atoms with Crippen LogP contribution in [0.15, 0.2) is 36.7 Å². The molecule has 0 amide bonds. The highest BCUT2D eigenvalue weighted by molar-refractivity contribution is 5.85. The zero-order valence-electron chi connectivity index (χ0n) is 7.31. The van der Waals surface area contributed by atoms with Crippen molar-refractivity contribution in [3.05, 3.63) is 42.2 Å². The van der Waals surface area contributed by atoms with Crippen LogP contribution in [0.4, 0.5) is 0 Å². The molecule has 0 saturated carbocycles. The molecule has 0 bridgehead atoms. The van der Waals surface area contributed by atoms with Gasteiger partial charge in [0.25, 0.3) is 0 Å². The Hall–Kier alpha value is -1.61. The van der Waals surface area contributed by atoms with Crippen LogP contribution in [0.2, 0.25) is 0 Å². The number of H-pyrrole nitrogens is 1. The number of carbonyl (C=O) groups is 1. The Kier molecular flexibility index (Phi) is 3.42. The van der Waals surface area contributed by atoms with Gasteiger partial charge in [-0.3, -0.25) is 9.89 Å². The maximum Gasteiger partial charge on any atom is 0.150 e. The number of hydrogen-bond donors (Lipinski definition) is 1. The Bertz CT molecular complexity index is 395. The highest BCUT2D eigenvalue weighted by atomic mass is 35.5. The third kappa shape index (κ3) is 2.00. The lowest BCUT2D eigenvalue weighted by Crippen LogP contribution is -1.79. The molecule has 1 aromatic carbocycles. The summed E-state index contributed by atoms with van der Waals surface area (Å²) in [5, 5.41) is 6.58.